The molecule has 1 aliphatic heterocycles. The standard InChI is InChI=1S/C13H10F5N3O2/c14-12(15)1-3-21(4-2-12)10-8(11(22)23)5-7(6-19)9(20-10)13(16,17)18/h5H,1-4H2,(H,22,23). The molecule has 2 rings (SSSR count). The van der Waals surface area contributed by atoms with E-state index in [4.69, 9.17) is 10.4 Å². The SMILES string of the molecule is N#Cc1cc(C(=O)O)c(N2CCC(F)(F)CC2)nc1C(F)(F)F. The highest BCUT2D eigenvalue weighted by Crippen LogP contribution is 2.36. The Hall–Kier alpha value is -2.44. The van der Waals surface area contributed by atoms with E-state index in [9.17, 15) is 26.7 Å². The van der Waals surface area contributed by atoms with Crippen LogP contribution in [0.5, 0.6) is 0 Å². The van der Waals surface area contributed by atoms with Crippen LogP contribution in [0.15, 0.2) is 6.07 Å². The van der Waals surface area contributed by atoms with Crippen LogP contribution in [0.3, 0.4) is 0 Å². The van der Waals surface area contributed by atoms with Gasteiger partial charge in [0.25, 0.3) is 5.92 Å². The molecule has 0 unspecified atom stereocenters. The molecule has 2 heterocycles. The number of carboxylic acid groups (broad SMARTS) is 1. The van der Waals surface area contributed by atoms with Crippen molar-refractivity contribution in [3.63, 3.8) is 0 Å². The van der Waals surface area contributed by atoms with Crippen LogP contribution in [0.1, 0.15) is 34.5 Å². The van der Waals surface area contributed by atoms with Crippen LogP contribution in [0.4, 0.5) is 27.8 Å². The number of hydrogen-bond acceptors (Lipinski definition) is 4. The predicted octanol–water partition coefficient (Wildman–Crippen LogP) is 2.91. The third-order valence-corrected chi connectivity index (χ3v) is 3.42. The van der Waals surface area contributed by atoms with Crippen molar-refractivity contribution in [2.24, 2.45) is 0 Å². The van der Waals surface area contributed by atoms with Gasteiger partial charge in [0.15, 0.2) is 5.69 Å². The van der Waals surface area contributed by atoms with E-state index >= 15 is 0 Å². The molecule has 5 nitrogen and oxygen atoms in total. The lowest BCUT2D eigenvalue weighted by atomic mass is 10.0. The summed E-state index contributed by atoms with van der Waals surface area (Å²) >= 11 is 0. The number of pyridine rings is 1. The third kappa shape index (κ3) is 3.49. The Morgan fingerprint density at radius 3 is 2.35 bits per heavy atom. The van der Waals surface area contributed by atoms with Crippen LogP contribution in [-0.2, 0) is 6.18 Å². The molecule has 0 aliphatic carbocycles. The Bertz CT molecular complexity index is 671. The first kappa shape index (κ1) is 16.9. The van der Waals surface area contributed by atoms with Gasteiger partial charge in [-0.05, 0) is 6.07 Å². The average molecular weight is 335 g/mol. The summed E-state index contributed by atoms with van der Waals surface area (Å²) in [6.07, 6.45) is -6.19. The fourth-order valence-electron chi connectivity index (χ4n) is 2.25. The minimum Gasteiger partial charge on any atom is -0.478 e. The lowest BCUT2D eigenvalue weighted by Gasteiger charge is -2.33. The van der Waals surface area contributed by atoms with Crippen molar-refractivity contribution in [1.82, 2.24) is 4.98 Å². The third-order valence-electron chi connectivity index (χ3n) is 3.42. The maximum Gasteiger partial charge on any atom is 0.434 e. The Morgan fingerprint density at radius 1 is 1.35 bits per heavy atom. The molecule has 1 N–H and O–H groups in total. The Morgan fingerprint density at radius 2 is 1.91 bits per heavy atom. The molecule has 0 bridgehead atoms. The van der Waals surface area contributed by atoms with Crippen LogP contribution in [0.2, 0.25) is 0 Å². The maximum absolute atomic E-state index is 13.2. The highest BCUT2D eigenvalue weighted by molar-refractivity contribution is 5.94. The number of anilines is 1. The summed E-state index contributed by atoms with van der Waals surface area (Å²) in [7, 11) is 0. The molecule has 0 spiro atoms. The normalized spacial score (nSPS) is 17.7. The van der Waals surface area contributed by atoms with E-state index < -0.39 is 53.5 Å². The van der Waals surface area contributed by atoms with E-state index in [1.54, 1.807) is 0 Å². The minimum atomic E-state index is -4.96. The Labute approximate surface area is 127 Å². The molecule has 1 fully saturated rings. The lowest BCUT2D eigenvalue weighted by Crippen LogP contribution is -2.40. The Balaban J connectivity index is 2.53. The average Bonchev–Trinajstić information content (AvgIpc) is 2.45. The van der Waals surface area contributed by atoms with Gasteiger partial charge in [0.05, 0.1) is 5.56 Å². The summed E-state index contributed by atoms with van der Waals surface area (Å²) in [5.74, 6) is -5.09. The number of carbonyl (C=O) groups is 1. The van der Waals surface area contributed by atoms with Gasteiger partial charge in [0.2, 0.25) is 0 Å². The molecule has 1 aliphatic rings. The summed E-state index contributed by atoms with van der Waals surface area (Å²) in [6.45, 7) is -0.660. The zero-order valence-corrected chi connectivity index (χ0v) is 11.5. The first-order chi connectivity index (χ1) is 10.5. The van der Waals surface area contributed by atoms with Crippen molar-refractivity contribution in [2.75, 3.05) is 18.0 Å². The maximum atomic E-state index is 13.2. The highest BCUT2D eigenvalue weighted by atomic mass is 19.4. The first-order valence-electron chi connectivity index (χ1n) is 6.43. The van der Waals surface area contributed by atoms with Crippen LogP contribution in [0, 0.1) is 11.3 Å². The summed E-state index contributed by atoms with van der Waals surface area (Å²) in [6, 6.07) is 1.83. The van der Waals surface area contributed by atoms with E-state index in [1.807, 2.05) is 0 Å². The van der Waals surface area contributed by atoms with Gasteiger partial charge < -0.3 is 10.0 Å². The number of aromatic nitrogens is 1. The molecule has 1 saturated heterocycles. The number of carboxylic acids is 1. The van der Waals surface area contributed by atoms with Gasteiger partial charge in [-0.25, -0.2) is 18.6 Å². The van der Waals surface area contributed by atoms with Gasteiger partial charge in [-0.15, -0.1) is 0 Å². The van der Waals surface area contributed by atoms with E-state index in [-0.39, 0.29) is 13.1 Å². The van der Waals surface area contributed by atoms with Gasteiger partial charge in [0, 0.05) is 25.9 Å². The van der Waals surface area contributed by atoms with Crippen molar-refractivity contribution in [2.45, 2.75) is 24.9 Å². The smallest absolute Gasteiger partial charge is 0.434 e. The highest BCUT2D eigenvalue weighted by Gasteiger charge is 2.40. The molecule has 0 amide bonds. The second kappa shape index (κ2) is 5.64. The van der Waals surface area contributed by atoms with Gasteiger partial charge in [-0.3, -0.25) is 0 Å². The van der Waals surface area contributed by atoms with Gasteiger partial charge >= 0.3 is 12.1 Å². The molecule has 23 heavy (non-hydrogen) atoms. The molecule has 1 aromatic heterocycles. The number of halogens is 5. The summed E-state index contributed by atoms with van der Waals surface area (Å²) < 4.78 is 65.1. The Kier molecular flexibility index (Phi) is 4.15. The molecular weight excluding hydrogens is 325 g/mol. The van der Waals surface area contributed by atoms with Crippen molar-refractivity contribution < 1.29 is 31.9 Å². The first-order valence-corrected chi connectivity index (χ1v) is 6.43. The largest absolute Gasteiger partial charge is 0.478 e. The van der Waals surface area contributed by atoms with Gasteiger partial charge in [0.1, 0.15) is 17.5 Å². The van der Waals surface area contributed by atoms with Crippen LogP contribution in [0.25, 0.3) is 0 Å². The number of nitriles is 1. The van der Waals surface area contributed by atoms with Crippen LogP contribution in [-0.4, -0.2) is 35.1 Å². The summed E-state index contributed by atoms with van der Waals surface area (Å²) in [5, 5.41) is 17.9. The zero-order valence-electron chi connectivity index (χ0n) is 11.5. The fourth-order valence-corrected chi connectivity index (χ4v) is 2.25. The van der Waals surface area contributed by atoms with Gasteiger partial charge in [-0.1, -0.05) is 0 Å². The topological polar surface area (TPSA) is 77.2 Å². The molecule has 0 atom stereocenters. The quantitative estimate of drug-likeness (QED) is 0.841. The van der Waals surface area contributed by atoms with Crippen LogP contribution >= 0.6 is 0 Å². The van der Waals surface area contributed by atoms with Crippen molar-refractivity contribution in [3.8, 4) is 6.07 Å². The number of nitrogens with zero attached hydrogens (tertiary/aromatic N) is 3. The number of hydrogen-bond donors (Lipinski definition) is 1. The van der Waals surface area contributed by atoms with Crippen molar-refractivity contribution >= 4 is 11.8 Å². The van der Waals surface area contributed by atoms with Crippen molar-refractivity contribution in [1.29, 1.82) is 5.26 Å². The summed E-state index contributed by atoms with van der Waals surface area (Å²) in [4.78, 5) is 15.5. The molecule has 10 heteroatoms. The van der Waals surface area contributed by atoms with Gasteiger partial charge in [-0.2, -0.15) is 18.4 Å². The monoisotopic (exact) mass is 335 g/mol. The number of aromatic carboxylic acids is 1. The molecule has 0 saturated carbocycles. The number of alkyl halides is 5. The molecule has 0 aromatic carbocycles. The van der Waals surface area contributed by atoms with E-state index in [1.165, 1.54) is 6.07 Å². The molecule has 1 aromatic rings. The number of rotatable bonds is 2. The van der Waals surface area contributed by atoms with E-state index in [0.29, 0.717) is 6.07 Å². The molecule has 124 valence electrons. The fraction of sp³-hybridized carbons (Fsp3) is 0.462. The van der Waals surface area contributed by atoms with E-state index in [2.05, 4.69) is 4.98 Å². The zero-order chi connectivity index (χ0) is 17.4. The van der Waals surface area contributed by atoms with Crippen molar-refractivity contribution in [3.05, 3.63) is 22.9 Å². The molecule has 0 radical (unpaired) electrons. The number of piperidine rings is 1. The lowest BCUT2D eigenvalue weighted by molar-refractivity contribution is -0.141. The van der Waals surface area contributed by atoms with Crippen LogP contribution < -0.4 is 4.90 Å². The predicted molar refractivity (Wildman–Crippen MR) is 67.3 cm³/mol. The van der Waals surface area contributed by atoms with E-state index in [0.717, 1.165) is 4.90 Å². The minimum absolute atomic E-state index is 0.330. The molecular formula is C13H10F5N3O2. The second-order valence-corrected chi connectivity index (χ2v) is 5.01. The second-order valence-electron chi connectivity index (χ2n) is 5.01. The summed E-state index contributed by atoms with van der Waals surface area (Å²) in [5.41, 5.74) is -3.09.